The van der Waals surface area contributed by atoms with E-state index in [1.54, 1.807) is 12.3 Å². The van der Waals surface area contributed by atoms with Crippen molar-refractivity contribution in [3.8, 4) is 5.88 Å². The molecular weight excluding hydrogens is 232 g/mol. The Labute approximate surface area is 107 Å². The summed E-state index contributed by atoms with van der Waals surface area (Å²) in [5, 5.41) is 5.62. The third kappa shape index (κ3) is 5.47. The fourth-order valence-electron chi connectivity index (χ4n) is 1.20. The lowest BCUT2D eigenvalue weighted by molar-refractivity contribution is -0.119. The van der Waals surface area contributed by atoms with Crippen molar-refractivity contribution in [1.29, 1.82) is 0 Å². The highest BCUT2D eigenvalue weighted by atomic mass is 16.5. The van der Waals surface area contributed by atoms with Gasteiger partial charge in [-0.15, -0.1) is 0 Å². The van der Waals surface area contributed by atoms with Crippen LogP contribution >= 0.6 is 0 Å². The van der Waals surface area contributed by atoms with Gasteiger partial charge in [0.25, 0.3) is 0 Å². The van der Waals surface area contributed by atoms with Crippen molar-refractivity contribution in [2.75, 3.05) is 25.0 Å². The highest BCUT2D eigenvalue weighted by molar-refractivity contribution is 5.80. The van der Waals surface area contributed by atoms with E-state index in [2.05, 4.69) is 20.6 Å². The lowest BCUT2D eigenvalue weighted by atomic mass is 10.4. The van der Waals surface area contributed by atoms with Gasteiger partial charge in [0.15, 0.2) is 0 Å². The first-order chi connectivity index (χ1) is 8.76. The second-order valence-corrected chi connectivity index (χ2v) is 3.77. The fraction of sp³-hybridized carbons (Fsp3) is 0.583. The molecule has 0 unspecified atom stereocenters. The van der Waals surface area contributed by atoms with Gasteiger partial charge in [-0.2, -0.15) is 4.98 Å². The first-order valence-corrected chi connectivity index (χ1v) is 6.22. The highest BCUT2D eigenvalue weighted by Gasteiger charge is 2.03. The predicted molar refractivity (Wildman–Crippen MR) is 69.6 cm³/mol. The Bertz CT molecular complexity index is 371. The number of nitrogens with zero attached hydrogens (tertiary/aromatic N) is 2. The van der Waals surface area contributed by atoms with E-state index in [-0.39, 0.29) is 12.5 Å². The van der Waals surface area contributed by atoms with Crippen LogP contribution in [0.5, 0.6) is 5.88 Å². The van der Waals surface area contributed by atoms with E-state index < -0.39 is 0 Å². The van der Waals surface area contributed by atoms with Crippen molar-refractivity contribution >= 4 is 11.9 Å². The quantitative estimate of drug-likeness (QED) is 0.727. The number of nitrogens with one attached hydrogen (secondary N) is 2. The molecule has 1 heterocycles. The summed E-state index contributed by atoms with van der Waals surface area (Å²) < 4.78 is 5.38. The Morgan fingerprint density at radius 3 is 2.94 bits per heavy atom. The van der Waals surface area contributed by atoms with E-state index >= 15 is 0 Å². The third-order valence-electron chi connectivity index (χ3n) is 2.06. The minimum absolute atomic E-state index is 0.0691. The zero-order valence-corrected chi connectivity index (χ0v) is 10.9. The number of hydrogen-bond acceptors (Lipinski definition) is 5. The summed E-state index contributed by atoms with van der Waals surface area (Å²) in [7, 11) is 0. The molecule has 6 heteroatoms. The summed E-state index contributed by atoms with van der Waals surface area (Å²) in [6, 6.07) is 1.69. The van der Waals surface area contributed by atoms with Gasteiger partial charge in [-0.1, -0.05) is 13.8 Å². The van der Waals surface area contributed by atoms with Crippen LogP contribution in [0.1, 0.15) is 26.7 Å². The van der Waals surface area contributed by atoms with Gasteiger partial charge in [0.05, 0.1) is 13.2 Å². The average Bonchev–Trinajstić information content (AvgIpc) is 2.41. The van der Waals surface area contributed by atoms with Crippen molar-refractivity contribution in [2.45, 2.75) is 26.7 Å². The van der Waals surface area contributed by atoms with Crippen LogP contribution in [0.3, 0.4) is 0 Å². The van der Waals surface area contributed by atoms with Crippen molar-refractivity contribution < 1.29 is 9.53 Å². The number of hydrogen-bond donors (Lipinski definition) is 2. The Morgan fingerprint density at radius 1 is 1.39 bits per heavy atom. The first kappa shape index (κ1) is 14.2. The maximum Gasteiger partial charge on any atom is 0.239 e. The van der Waals surface area contributed by atoms with Crippen molar-refractivity contribution in [2.24, 2.45) is 0 Å². The van der Waals surface area contributed by atoms with Crippen molar-refractivity contribution in [3.05, 3.63) is 12.3 Å². The van der Waals surface area contributed by atoms with E-state index in [0.717, 1.165) is 12.8 Å². The Kier molecular flexibility index (Phi) is 6.53. The molecule has 18 heavy (non-hydrogen) atoms. The van der Waals surface area contributed by atoms with Gasteiger partial charge in [-0.05, 0) is 12.8 Å². The summed E-state index contributed by atoms with van der Waals surface area (Å²) >= 11 is 0. The van der Waals surface area contributed by atoms with Gasteiger partial charge in [0, 0.05) is 18.8 Å². The van der Waals surface area contributed by atoms with Gasteiger partial charge in [-0.25, -0.2) is 4.98 Å². The fourth-order valence-corrected chi connectivity index (χ4v) is 1.20. The molecule has 0 aliphatic carbocycles. The van der Waals surface area contributed by atoms with Gasteiger partial charge < -0.3 is 15.4 Å². The molecule has 6 nitrogen and oxygen atoms in total. The van der Waals surface area contributed by atoms with Crippen LogP contribution < -0.4 is 15.4 Å². The number of carbonyl (C=O) groups excluding carboxylic acids is 1. The maximum absolute atomic E-state index is 11.4. The standard InChI is InChI=1S/C12H20N4O2/c1-3-6-13-10(17)9-15-12-14-7-5-11(16-12)18-8-4-2/h5,7H,3-4,6,8-9H2,1-2H3,(H,13,17)(H,14,15,16). The van der Waals surface area contributed by atoms with Crippen LogP contribution in [0.15, 0.2) is 12.3 Å². The zero-order chi connectivity index (χ0) is 13.2. The smallest absolute Gasteiger partial charge is 0.239 e. The molecular formula is C12H20N4O2. The molecule has 1 aromatic heterocycles. The Hall–Kier alpha value is -1.85. The van der Waals surface area contributed by atoms with Crippen molar-refractivity contribution in [3.63, 3.8) is 0 Å². The largest absolute Gasteiger partial charge is 0.478 e. The van der Waals surface area contributed by atoms with Crippen LogP contribution in [0.2, 0.25) is 0 Å². The molecule has 1 amide bonds. The number of aromatic nitrogens is 2. The normalized spacial score (nSPS) is 9.89. The van der Waals surface area contributed by atoms with E-state index in [9.17, 15) is 4.79 Å². The van der Waals surface area contributed by atoms with Gasteiger partial charge in [0.2, 0.25) is 17.7 Å². The number of anilines is 1. The topological polar surface area (TPSA) is 76.1 Å². The summed E-state index contributed by atoms with van der Waals surface area (Å²) in [5.74, 6) is 0.846. The SMILES string of the molecule is CCCNC(=O)CNc1nccc(OCCC)n1. The highest BCUT2D eigenvalue weighted by Crippen LogP contribution is 2.08. The molecule has 0 aliphatic heterocycles. The van der Waals surface area contributed by atoms with Crippen molar-refractivity contribution in [1.82, 2.24) is 15.3 Å². The van der Waals surface area contributed by atoms with Crippen LogP contribution in [0.4, 0.5) is 5.95 Å². The monoisotopic (exact) mass is 252 g/mol. The van der Waals surface area contributed by atoms with Crippen LogP contribution in [0.25, 0.3) is 0 Å². The molecule has 0 atom stereocenters. The van der Waals surface area contributed by atoms with E-state index in [0.29, 0.717) is 25.0 Å². The zero-order valence-electron chi connectivity index (χ0n) is 10.9. The lowest BCUT2D eigenvalue weighted by Crippen LogP contribution is -2.30. The molecule has 0 aromatic carbocycles. The first-order valence-electron chi connectivity index (χ1n) is 6.22. The molecule has 100 valence electrons. The van der Waals surface area contributed by atoms with Gasteiger partial charge in [-0.3, -0.25) is 4.79 Å². The molecule has 0 radical (unpaired) electrons. The van der Waals surface area contributed by atoms with Gasteiger partial charge in [0.1, 0.15) is 0 Å². The molecule has 0 fully saturated rings. The Morgan fingerprint density at radius 2 is 2.22 bits per heavy atom. The summed E-state index contributed by atoms with van der Waals surface area (Å²) in [4.78, 5) is 19.5. The van der Waals surface area contributed by atoms with E-state index in [1.807, 2.05) is 13.8 Å². The van der Waals surface area contributed by atoms with Gasteiger partial charge >= 0.3 is 0 Å². The molecule has 0 spiro atoms. The molecule has 0 bridgehead atoms. The maximum atomic E-state index is 11.4. The van der Waals surface area contributed by atoms with E-state index in [1.165, 1.54) is 0 Å². The number of carbonyl (C=O) groups is 1. The van der Waals surface area contributed by atoms with Crippen LogP contribution in [-0.2, 0) is 4.79 Å². The van der Waals surface area contributed by atoms with Crippen LogP contribution in [-0.4, -0.2) is 35.6 Å². The molecule has 0 saturated heterocycles. The summed E-state index contributed by atoms with van der Waals surface area (Å²) in [5.41, 5.74) is 0. The summed E-state index contributed by atoms with van der Waals surface area (Å²) in [6.07, 6.45) is 3.44. The summed E-state index contributed by atoms with van der Waals surface area (Å²) in [6.45, 7) is 5.50. The molecule has 2 N–H and O–H groups in total. The average molecular weight is 252 g/mol. The van der Waals surface area contributed by atoms with E-state index in [4.69, 9.17) is 4.74 Å². The lowest BCUT2D eigenvalue weighted by Gasteiger charge is -2.07. The number of rotatable bonds is 8. The van der Waals surface area contributed by atoms with Crippen LogP contribution in [0, 0.1) is 0 Å². The minimum atomic E-state index is -0.0691. The number of amides is 1. The molecule has 1 rings (SSSR count). The molecule has 0 aliphatic rings. The second kappa shape index (κ2) is 8.27. The second-order valence-electron chi connectivity index (χ2n) is 3.77. The minimum Gasteiger partial charge on any atom is -0.478 e. The Balaban J connectivity index is 2.39. The molecule has 1 aromatic rings. The number of ether oxygens (including phenoxy) is 1. The predicted octanol–water partition coefficient (Wildman–Crippen LogP) is 1.20. The molecule has 0 saturated carbocycles. The third-order valence-corrected chi connectivity index (χ3v) is 2.06.